The highest BCUT2D eigenvalue weighted by molar-refractivity contribution is 6.31. The van der Waals surface area contributed by atoms with E-state index in [1.807, 2.05) is 31.2 Å². The number of piperidine rings is 1. The van der Waals surface area contributed by atoms with Gasteiger partial charge in [-0.25, -0.2) is 4.98 Å². The number of likely N-dealkylation sites (tertiary alicyclic amines) is 1. The molecule has 0 saturated carbocycles. The standard InChI is InChI=1S/C17H22ClN5O/c1-12(17(24)19-10-14-4-2-3-5-15(14)18)23-8-6-13(7-9-23)16-20-11-21-22-16/h2-5,11-13H,6-10H2,1H3,(H,19,24)(H,20,21,22)/t12-/m0/s1. The molecule has 24 heavy (non-hydrogen) atoms. The van der Waals surface area contributed by atoms with Crippen molar-refractivity contribution in [1.82, 2.24) is 25.4 Å². The lowest BCUT2D eigenvalue weighted by molar-refractivity contribution is -0.126. The lowest BCUT2D eigenvalue weighted by Gasteiger charge is -2.34. The second-order valence-corrected chi connectivity index (χ2v) is 6.57. The van der Waals surface area contributed by atoms with Gasteiger partial charge in [0.1, 0.15) is 12.2 Å². The molecule has 1 atom stereocenters. The van der Waals surface area contributed by atoms with E-state index in [1.54, 1.807) is 6.33 Å². The first-order valence-corrected chi connectivity index (χ1v) is 8.63. The molecule has 0 aliphatic carbocycles. The minimum Gasteiger partial charge on any atom is -0.351 e. The molecule has 2 N–H and O–H groups in total. The second kappa shape index (κ2) is 7.77. The van der Waals surface area contributed by atoms with Crippen LogP contribution in [0.3, 0.4) is 0 Å². The summed E-state index contributed by atoms with van der Waals surface area (Å²) in [4.78, 5) is 18.9. The van der Waals surface area contributed by atoms with Crippen LogP contribution in [0.2, 0.25) is 5.02 Å². The van der Waals surface area contributed by atoms with Gasteiger partial charge in [0.15, 0.2) is 0 Å². The highest BCUT2D eigenvalue weighted by atomic mass is 35.5. The molecular formula is C17H22ClN5O. The van der Waals surface area contributed by atoms with Crippen LogP contribution in [0, 0.1) is 0 Å². The van der Waals surface area contributed by atoms with E-state index < -0.39 is 0 Å². The molecule has 128 valence electrons. The molecule has 0 unspecified atom stereocenters. The Bertz CT molecular complexity index is 667. The predicted molar refractivity (Wildman–Crippen MR) is 92.7 cm³/mol. The van der Waals surface area contributed by atoms with Gasteiger partial charge in [-0.05, 0) is 44.5 Å². The number of hydrogen-bond donors (Lipinski definition) is 2. The van der Waals surface area contributed by atoms with Crippen LogP contribution in [0.4, 0.5) is 0 Å². The monoisotopic (exact) mass is 347 g/mol. The van der Waals surface area contributed by atoms with Crippen molar-refractivity contribution in [3.63, 3.8) is 0 Å². The molecule has 1 aromatic heterocycles. The number of rotatable bonds is 5. The van der Waals surface area contributed by atoms with E-state index in [-0.39, 0.29) is 11.9 Å². The van der Waals surface area contributed by atoms with Gasteiger partial charge in [0.25, 0.3) is 0 Å². The zero-order chi connectivity index (χ0) is 16.9. The highest BCUT2D eigenvalue weighted by Crippen LogP contribution is 2.26. The maximum atomic E-state index is 12.4. The van der Waals surface area contributed by atoms with E-state index in [0.717, 1.165) is 37.3 Å². The Morgan fingerprint density at radius 3 is 2.83 bits per heavy atom. The van der Waals surface area contributed by atoms with Gasteiger partial charge in [0.05, 0.1) is 6.04 Å². The molecule has 6 nitrogen and oxygen atoms in total. The van der Waals surface area contributed by atoms with Gasteiger partial charge in [0.2, 0.25) is 5.91 Å². The van der Waals surface area contributed by atoms with Crippen molar-refractivity contribution < 1.29 is 4.79 Å². The molecule has 1 aliphatic rings. The summed E-state index contributed by atoms with van der Waals surface area (Å²) in [5.74, 6) is 1.39. The molecule has 3 rings (SSSR count). The number of H-pyrrole nitrogens is 1. The van der Waals surface area contributed by atoms with Crippen molar-refractivity contribution in [2.45, 2.75) is 38.3 Å². The number of halogens is 1. The van der Waals surface area contributed by atoms with E-state index in [9.17, 15) is 4.79 Å². The molecule has 1 aliphatic heterocycles. The summed E-state index contributed by atoms with van der Waals surface area (Å²) in [7, 11) is 0. The Morgan fingerprint density at radius 1 is 1.42 bits per heavy atom. The Morgan fingerprint density at radius 2 is 2.17 bits per heavy atom. The zero-order valence-electron chi connectivity index (χ0n) is 13.7. The zero-order valence-corrected chi connectivity index (χ0v) is 14.5. The fourth-order valence-electron chi connectivity index (χ4n) is 3.11. The molecule has 0 bridgehead atoms. The average molecular weight is 348 g/mol. The van der Waals surface area contributed by atoms with Crippen LogP contribution in [-0.4, -0.2) is 45.1 Å². The van der Waals surface area contributed by atoms with E-state index in [2.05, 4.69) is 25.4 Å². The van der Waals surface area contributed by atoms with Crippen LogP contribution in [0.15, 0.2) is 30.6 Å². The average Bonchev–Trinajstić information content (AvgIpc) is 3.15. The lowest BCUT2D eigenvalue weighted by Crippen LogP contribution is -2.47. The molecule has 1 fully saturated rings. The number of amides is 1. The summed E-state index contributed by atoms with van der Waals surface area (Å²) in [6, 6.07) is 7.42. The Labute approximate surface area is 146 Å². The van der Waals surface area contributed by atoms with Crippen LogP contribution < -0.4 is 5.32 Å². The van der Waals surface area contributed by atoms with Crippen LogP contribution >= 0.6 is 11.6 Å². The molecule has 0 spiro atoms. The van der Waals surface area contributed by atoms with Gasteiger partial charge in [0, 0.05) is 17.5 Å². The quantitative estimate of drug-likeness (QED) is 0.870. The Balaban J connectivity index is 1.49. The summed E-state index contributed by atoms with van der Waals surface area (Å²) in [6.45, 7) is 4.17. The van der Waals surface area contributed by atoms with Crippen molar-refractivity contribution in [3.8, 4) is 0 Å². The topological polar surface area (TPSA) is 73.9 Å². The molecule has 1 amide bonds. The number of nitrogens with zero attached hydrogens (tertiary/aromatic N) is 3. The van der Waals surface area contributed by atoms with E-state index in [0.29, 0.717) is 17.5 Å². The van der Waals surface area contributed by atoms with Crippen molar-refractivity contribution in [1.29, 1.82) is 0 Å². The number of carbonyl (C=O) groups is 1. The SMILES string of the molecule is C[C@@H](C(=O)NCc1ccccc1Cl)N1CCC(c2ncn[nH]2)CC1. The van der Waals surface area contributed by atoms with E-state index >= 15 is 0 Å². The largest absolute Gasteiger partial charge is 0.351 e. The van der Waals surface area contributed by atoms with Gasteiger partial charge in [-0.3, -0.25) is 14.8 Å². The van der Waals surface area contributed by atoms with Crippen molar-refractivity contribution in [2.75, 3.05) is 13.1 Å². The third-order valence-corrected chi connectivity index (χ3v) is 5.06. The molecule has 1 saturated heterocycles. The smallest absolute Gasteiger partial charge is 0.237 e. The number of hydrogen-bond acceptors (Lipinski definition) is 4. The molecule has 2 heterocycles. The first kappa shape index (κ1) is 16.9. The maximum absolute atomic E-state index is 12.4. The number of nitrogens with one attached hydrogen (secondary N) is 2. The first-order valence-electron chi connectivity index (χ1n) is 8.25. The predicted octanol–water partition coefficient (Wildman–Crippen LogP) is 2.34. The number of benzene rings is 1. The number of aromatic nitrogens is 3. The van der Waals surface area contributed by atoms with Crippen molar-refractivity contribution >= 4 is 17.5 Å². The van der Waals surface area contributed by atoms with E-state index in [1.165, 1.54) is 0 Å². The first-order chi connectivity index (χ1) is 11.6. The highest BCUT2D eigenvalue weighted by Gasteiger charge is 2.28. The summed E-state index contributed by atoms with van der Waals surface area (Å²) in [6.07, 6.45) is 3.52. The molecule has 7 heteroatoms. The van der Waals surface area contributed by atoms with Gasteiger partial charge < -0.3 is 5.32 Å². The maximum Gasteiger partial charge on any atom is 0.237 e. The molecule has 2 aromatic rings. The Hall–Kier alpha value is -1.92. The van der Waals surface area contributed by atoms with Crippen molar-refractivity contribution in [3.05, 3.63) is 47.0 Å². The fraction of sp³-hybridized carbons (Fsp3) is 0.471. The third-order valence-electron chi connectivity index (χ3n) is 4.69. The summed E-state index contributed by atoms with van der Waals surface area (Å²) in [5.41, 5.74) is 0.934. The van der Waals surface area contributed by atoms with Crippen LogP contribution in [-0.2, 0) is 11.3 Å². The fourth-order valence-corrected chi connectivity index (χ4v) is 3.31. The number of aromatic amines is 1. The summed E-state index contributed by atoms with van der Waals surface area (Å²) < 4.78 is 0. The second-order valence-electron chi connectivity index (χ2n) is 6.17. The van der Waals surface area contributed by atoms with Crippen LogP contribution in [0.25, 0.3) is 0 Å². The molecular weight excluding hydrogens is 326 g/mol. The van der Waals surface area contributed by atoms with Crippen molar-refractivity contribution in [2.24, 2.45) is 0 Å². The summed E-state index contributed by atoms with van der Waals surface area (Å²) in [5, 5.41) is 10.5. The summed E-state index contributed by atoms with van der Waals surface area (Å²) >= 11 is 6.13. The normalized spacial score (nSPS) is 17.6. The van der Waals surface area contributed by atoms with Gasteiger partial charge >= 0.3 is 0 Å². The lowest BCUT2D eigenvalue weighted by atomic mass is 9.95. The minimum absolute atomic E-state index is 0.0352. The van der Waals surface area contributed by atoms with Crippen LogP contribution in [0.5, 0.6) is 0 Å². The van der Waals surface area contributed by atoms with E-state index in [4.69, 9.17) is 11.6 Å². The van der Waals surface area contributed by atoms with Gasteiger partial charge in [-0.2, -0.15) is 5.10 Å². The number of carbonyl (C=O) groups excluding carboxylic acids is 1. The third kappa shape index (κ3) is 3.94. The Kier molecular flexibility index (Phi) is 5.48. The van der Waals surface area contributed by atoms with Gasteiger partial charge in [-0.15, -0.1) is 0 Å². The molecule has 0 radical (unpaired) electrons. The van der Waals surface area contributed by atoms with Gasteiger partial charge in [-0.1, -0.05) is 29.8 Å². The minimum atomic E-state index is -0.150. The molecule has 1 aromatic carbocycles. The van der Waals surface area contributed by atoms with Crippen LogP contribution in [0.1, 0.15) is 37.1 Å².